The van der Waals surface area contributed by atoms with Gasteiger partial charge in [0.05, 0.1) is 4.92 Å². The van der Waals surface area contributed by atoms with E-state index in [2.05, 4.69) is 4.98 Å². The molecule has 0 N–H and O–H groups in total. The van der Waals surface area contributed by atoms with Crippen LogP contribution < -0.4 is 5.46 Å². The van der Waals surface area contributed by atoms with E-state index in [1.54, 1.807) is 13.8 Å². The van der Waals surface area contributed by atoms with E-state index >= 15 is 0 Å². The molecular formula is C7H7BN2O2. The zero-order valence-corrected chi connectivity index (χ0v) is 6.87. The van der Waals surface area contributed by atoms with Gasteiger partial charge in [-0.2, -0.15) is 0 Å². The number of rotatable bonds is 1. The lowest BCUT2D eigenvalue weighted by atomic mass is 9.94. The fraction of sp³-hybridized carbons (Fsp3) is 0.286. The summed E-state index contributed by atoms with van der Waals surface area (Å²) < 4.78 is 0. The molecule has 0 amide bonds. The minimum atomic E-state index is -0.488. The second-order valence-corrected chi connectivity index (χ2v) is 2.52. The molecule has 1 aromatic rings. The van der Waals surface area contributed by atoms with Gasteiger partial charge in [-0.05, 0) is 13.8 Å². The van der Waals surface area contributed by atoms with Crippen LogP contribution in [0, 0.1) is 24.0 Å². The average Bonchev–Trinajstić information content (AvgIpc) is 1.96. The van der Waals surface area contributed by atoms with E-state index in [-0.39, 0.29) is 5.69 Å². The van der Waals surface area contributed by atoms with Crippen LogP contribution in [0.3, 0.4) is 0 Å². The largest absolute Gasteiger partial charge is 0.289 e. The molecule has 0 aliphatic carbocycles. The highest BCUT2D eigenvalue weighted by molar-refractivity contribution is 6.33. The summed E-state index contributed by atoms with van der Waals surface area (Å²) in [6.45, 7) is 3.30. The molecule has 0 unspecified atom stereocenters. The second-order valence-electron chi connectivity index (χ2n) is 2.52. The number of hydrogen-bond acceptors (Lipinski definition) is 3. The summed E-state index contributed by atoms with van der Waals surface area (Å²) in [4.78, 5) is 13.8. The van der Waals surface area contributed by atoms with Gasteiger partial charge in [0.2, 0.25) is 0 Å². The van der Waals surface area contributed by atoms with Gasteiger partial charge in [-0.1, -0.05) is 5.46 Å². The molecule has 0 saturated heterocycles. The highest BCUT2D eigenvalue weighted by Gasteiger charge is 2.12. The number of nitro groups is 1. The predicted octanol–water partition coefficient (Wildman–Crippen LogP) is 0.400. The summed E-state index contributed by atoms with van der Waals surface area (Å²) in [6, 6.07) is 1.33. The first-order valence-corrected chi connectivity index (χ1v) is 3.40. The topological polar surface area (TPSA) is 56.0 Å². The molecular weight excluding hydrogens is 155 g/mol. The lowest BCUT2D eigenvalue weighted by molar-refractivity contribution is -0.385. The van der Waals surface area contributed by atoms with E-state index in [0.29, 0.717) is 16.9 Å². The molecule has 0 aliphatic rings. The van der Waals surface area contributed by atoms with E-state index in [9.17, 15) is 10.1 Å². The molecule has 0 bridgehead atoms. The van der Waals surface area contributed by atoms with Crippen LogP contribution in [-0.4, -0.2) is 17.8 Å². The Morgan fingerprint density at radius 1 is 1.50 bits per heavy atom. The molecule has 1 heterocycles. The van der Waals surface area contributed by atoms with Crippen LogP contribution in [-0.2, 0) is 0 Å². The molecule has 2 radical (unpaired) electrons. The van der Waals surface area contributed by atoms with Crippen LogP contribution in [0.2, 0.25) is 0 Å². The molecule has 0 aliphatic heterocycles. The molecule has 1 rings (SSSR count). The van der Waals surface area contributed by atoms with Crippen molar-refractivity contribution < 1.29 is 4.92 Å². The summed E-state index contributed by atoms with van der Waals surface area (Å²) in [6.07, 6.45) is 0. The monoisotopic (exact) mass is 162 g/mol. The highest BCUT2D eigenvalue weighted by Crippen LogP contribution is 2.12. The van der Waals surface area contributed by atoms with Crippen LogP contribution in [0.25, 0.3) is 0 Å². The second kappa shape index (κ2) is 2.93. The zero-order chi connectivity index (χ0) is 9.30. The smallest absolute Gasteiger partial charge is 0.258 e. The quantitative estimate of drug-likeness (QED) is 0.341. The van der Waals surface area contributed by atoms with Crippen molar-refractivity contribution in [1.82, 2.24) is 4.98 Å². The average molecular weight is 162 g/mol. The van der Waals surface area contributed by atoms with Gasteiger partial charge in [0, 0.05) is 11.8 Å². The molecule has 1 aromatic heterocycles. The zero-order valence-electron chi connectivity index (χ0n) is 6.87. The summed E-state index contributed by atoms with van der Waals surface area (Å²) in [5.41, 5.74) is 1.34. The molecule has 5 heteroatoms. The van der Waals surface area contributed by atoms with Crippen LogP contribution in [0.1, 0.15) is 11.4 Å². The van der Waals surface area contributed by atoms with Crippen molar-refractivity contribution in [3.05, 3.63) is 27.6 Å². The first-order chi connectivity index (χ1) is 5.52. The first kappa shape index (κ1) is 8.71. The van der Waals surface area contributed by atoms with E-state index < -0.39 is 4.92 Å². The van der Waals surface area contributed by atoms with Gasteiger partial charge in [0.1, 0.15) is 13.5 Å². The summed E-state index contributed by atoms with van der Waals surface area (Å²) in [5, 5.41) is 10.4. The Hall–Kier alpha value is -1.39. The van der Waals surface area contributed by atoms with Crippen LogP contribution in [0.15, 0.2) is 6.07 Å². The van der Waals surface area contributed by atoms with Gasteiger partial charge < -0.3 is 0 Å². The van der Waals surface area contributed by atoms with Crippen molar-refractivity contribution in [1.29, 1.82) is 0 Å². The molecule has 4 nitrogen and oxygen atoms in total. The fourth-order valence-electron chi connectivity index (χ4n) is 0.914. The van der Waals surface area contributed by atoms with Crippen molar-refractivity contribution in [3.8, 4) is 0 Å². The van der Waals surface area contributed by atoms with Gasteiger partial charge in [-0.25, -0.2) is 0 Å². The molecule has 0 fully saturated rings. The van der Waals surface area contributed by atoms with E-state index in [4.69, 9.17) is 7.85 Å². The maximum atomic E-state index is 10.4. The lowest BCUT2D eigenvalue weighted by Crippen LogP contribution is -2.12. The van der Waals surface area contributed by atoms with Crippen molar-refractivity contribution in [2.24, 2.45) is 0 Å². The normalized spacial score (nSPS) is 9.83. The number of hydrogen-bond donors (Lipinski definition) is 0. The minimum absolute atomic E-state index is 0.0295. The van der Waals surface area contributed by atoms with Crippen molar-refractivity contribution in [3.63, 3.8) is 0 Å². The number of pyridine rings is 1. The maximum absolute atomic E-state index is 10.4. The molecule has 0 spiro atoms. The van der Waals surface area contributed by atoms with Gasteiger partial charge in [-0.15, -0.1) is 0 Å². The molecule has 0 atom stereocenters. The standard InChI is InChI=1S/C7H7BN2O2/c1-4-6(8)3-7(10(11)12)5(2)9-4/h3H,1-2H3. The van der Waals surface area contributed by atoms with Crippen molar-refractivity contribution >= 4 is 19.0 Å². The Morgan fingerprint density at radius 2 is 2.08 bits per heavy atom. The Balaban J connectivity index is 3.33. The first-order valence-electron chi connectivity index (χ1n) is 3.40. The SMILES string of the molecule is [B]c1cc([N+](=O)[O-])c(C)nc1C. The van der Waals surface area contributed by atoms with Crippen LogP contribution in [0.5, 0.6) is 0 Å². The van der Waals surface area contributed by atoms with E-state index in [1.807, 2.05) is 0 Å². The van der Waals surface area contributed by atoms with Gasteiger partial charge in [-0.3, -0.25) is 15.1 Å². The van der Waals surface area contributed by atoms with Gasteiger partial charge in [0.25, 0.3) is 5.69 Å². The fourth-order valence-corrected chi connectivity index (χ4v) is 0.914. The summed E-state index contributed by atoms with van der Waals surface area (Å²) in [5.74, 6) is 0. The lowest BCUT2D eigenvalue weighted by Gasteiger charge is -2.01. The minimum Gasteiger partial charge on any atom is -0.258 e. The Labute approximate surface area is 71.2 Å². The Morgan fingerprint density at radius 3 is 2.58 bits per heavy atom. The molecule has 60 valence electrons. The third-order valence-electron chi connectivity index (χ3n) is 1.61. The molecule has 0 aromatic carbocycles. The van der Waals surface area contributed by atoms with Crippen molar-refractivity contribution in [2.45, 2.75) is 13.8 Å². The van der Waals surface area contributed by atoms with Gasteiger partial charge in [0.15, 0.2) is 0 Å². The maximum Gasteiger partial charge on any atom is 0.289 e. The van der Waals surface area contributed by atoms with Crippen LogP contribution in [0.4, 0.5) is 5.69 Å². The highest BCUT2D eigenvalue weighted by atomic mass is 16.6. The van der Waals surface area contributed by atoms with E-state index in [0.717, 1.165) is 0 Å². The third-order valence-corrected chi connectivity index (χ3v) is 1.61. The number of aryl methyl sites for hydroxylation is 2. The predicted molar refractivity (Wildman–Crippen MR) is 45.8 cm³/mol. The Bertz CT molecular complexity index is 338. The molecule has 12 heavy (non-hydrogen) atoms. The molecule has 0 saturated carbocycles. The summed E-state index contributed by atoms with van der Waals surface area (Å²) >= 11 is 0. The van der Waals surface area contributed by atoms with E-state index in [1.165, 1.54) is 6.07 Å². The third kappa shape index (κ3) is 1.44. The summed E-state index contributed by atoms with van der Waals surface area (Å²) in [7, 11) is 5.46. The van der Waals surface area contributed by atoms with Crippen molar-refractivity contribution in [2.75, 3.05) is 0 Å². The Kier molecular flexibility index (Phi) is 2.12. The van der Waals surface area contributed by atoms with Gasteiger partial charge >= 0.3 is 0 Å². The number of aromatic nitrogens is 1. The number of nitrogens with zero attached hydrogens (tertiary/aromatic N) is 2. The van der Waals surface area contributed by atoms with Crippen LogP contribution >= 0.6 is 0 Å².